The fourth-order valence-electron chi connectivity index (χ4n) is 1.71. The van der Waals surface area contributed by atoms with Gasteiger partial charge in [-0.15, -0.1) is 0 Å². The number of hydrogen-bond donors (Lipinski definition) is 1. The number of methoxy groups -OCH3 is 2. The van der Waals surface area contributed by atoms with Gasteiger partial charge in [0, 0.05) is 12.5 Å². The summed E-state index contributed by atoms with van der Waals surface area (Å²) in [6.07, 6.45) is 1.66. The zero-order valence-electron chi connectivity index (χ0n) is 11.8. The van der Waals surface area contributed by atoms with Crippen LogP contribution in [0.4, 0.5) is 0 Å². The van der Waals surface area contributed by atoms with E-state index in [0.717, 1.165) is 11.8 Å². The molecule has 1 aromatic rings. The van der Waals surface area contributed by atoms with E-state index in [2.05, 4.69) is 10.3 Å². The third-order valence-corrected chi connectivity index (χ3v) is 3.53. The number of hydrogen-bond acceptors (Lipinski definition) is 5. The predicted octanol–water partition coefficient (Wildman–Crippen LogP) is 1.81. The lowest BCUT2D eigenvalue weighted by Gasteiger charge is -2.07. The quantitative estimate of drug-likeness (QED) is 0.862. The summed E-state index contributed by atoms with van der Waals surface area (Å²) in [6, 6.07) is 5.28. The van der Waals surface area contributed by atoms with Crippen molar-refractivity contribution in [3.63, 3.8) is 0 Å². The number of benzene rings is 1. The number of ether oxygens (including phenoxy) is 2. The Morgan fingerprint density at radius 3 is 2.71 bits per heavy atom. The van der Waals surface area contributed by atoms with Gasteiger partial charge < -0.3 is 14.8 Å². The van der Waals surface area contributed by atoms with Crippen LogP contribution < -0.4 is 14.8 Å². The standard InChI is InChI=1S/C14H14N2O4S/c1-8(17)15-14-16-13(18)12(21-14)7-9-6-10(19-2)4-5-11(9)20-3/h4-7H,1-3H3,(H,15,16,17,18). The van der Waals surface area contributed by atoms with Crippen LogP contribution in [0.25, 0.3) is 6.08 Å². The molecular formula is C14H14N2O4S. The highest BCUT2D eigenvalue weighted by molar-refractivity contribution is 8.18. The molecule has 1 aliphatic rings. The minimum Gasteiger partial charge on any atom is -0.497 e. The number of amidine groups is 1. The van der Waals surface area contributed by atoms with Gasteiger partial charge in [-0.3, -0.25) is 9.59 Å². The molecule has 0 saturated heterocycles. The Balaban J connectivity index is 2.29. The molecule has 1 aromatic carbocycles. The highest BCUT2D eigenvalue weighted by Crippen LogP contribution is 2.32. The van der Waals surface area contributed by atoms with Gasteiger partial charge in [0.1, 0.15) is 11.5 Å². The number of thioether (sulfide) groups is 1. The lowest BCUT2D eigenvalue weighted by molar-refractivity contribution is -0.117. The highest BCUT2D eigenvalue weighted by Gasteiger charge is 2.23. The second-order valence-corrected chi connectivity index (χ2v) is 5.15. The van der Waals surface area contributed by atoms with E-state index in [0.29, 0.717) is 22.0 Å². The molecule has 1 heterocycles. The average molecular weight is 306 g/mol. The van der Waals surface area contributed by atoms with Crippen LogP contribution in [0.2, 0.25) is 0 Å². The molecule has 1 aliphatic heterocycles. The first-order chi connectivity index (χ1) is 10.0. The van der Waals surface area contributed by atoms with Crippen molar-refractivity contribution in [2.75, 3.05) is 14.2 Å². The topological polar surface area (TPSA) is 77.0 Å². The Hall–Kier alpha value is -2.28. The van der Waals surface area contributed by atoms with E-state index < -0.39 is 5.91 Å². The molecule has 0 aliphatic carbocycles. The molecule has 0 saturated carbocycles. The lowest BCUT2D eigenvalue weighted by atomic mass is 10.1. The molecule has 0 unspecified atom stereocenters. The third-order valence-electron chi connectivity index (χ3n) is 2.63. The fourth-order valence-corrected chi connectivity index (χ4v) is 2.56. The largest absolute Gasteiger partial charge is 0.497 e. The van der Waals surface area contributed by atoms with Crippen molar-refractivity contribution in [1.82, 2.24) is 5.32 Å². The Morgan fingerprint density at radius 2 is 2.10 bits per heavy atom. The molecular weight excluding hydrogens is 292 g/mol. The van der Waals surface area contributed by atoms with Gasteiger partial charge in [-0.1, -0.05) is 0 Å². The molecule has 2 amide bonds. The third kappa shape index (κ3) is 3.63. The number of aliphatic imine (C=N–C) groups is 1. The summed E-state index contributed by atoms with van der Waals surface area (Å²) in [4.78, 5) is 27.0. The van der Waals surface area contributed by atoms with Crippen LogP contribution in [0.5, 0.6) is 11.5 Å². The maximum atomic E-state index is 11.8. The summed E-state index contributed by atoms with van der Waals surface area (Å²) in [7, 11) is 3.11. The summed E-state index contributed by atoms with van der Waals surface area (Å²) in [5.74, 6) is 0.605. The summed E-state index contributed by atoms with van der Waals surface area (Å²) in [5, 5.41) is 2.77. The molecule has 0 atom stereocenters. The first kappa shape index (κ1) is 15.1. The summed E-state index contributed by atoms with van der Waals surface area (Å²) >= 11 is 1.11. The van der Waals surface area contributed by atoms with Crippen LogP contribution in [0.1, 0.15) is 12.5 Å². The Labute approximate surface area is 126 Å². The molecule has 110 valence electrons. The number of carbonyl (C=O) groups excluding carboxylic acids is 2. The van der Waals surface area contributed by atoms with Crippen molar-refractivity contribution < 1.29 is 19.1 Å². The minimum atomic E-state index is -0.395. The Bertz CT molecular complexity index is 652. The van der Waals surface area contributed by atoms with Gasteiger partial charge >= 0.3 is 0 Å². The van der Waals surface area contributed by atoms with E-state index in [1.807, 2.05) is 0 Å². The van der Waals surface area contributed by atoms with Crippen molar-refractivity contribution in [2.45, 2.75) is 6.92 Å². The van der Waals surface area contributed by atoms with E-state index >= 15 is 0 Å². The van der Waals surface area contributed by atoms with Crippen LogP contribution in [-0.2, 0) is 9.59 Å². The van der Waals surface area contributed by atoms with E-state index in [-0.39, 0.29) is 11.1 Å². The molecule has 1 N–H and O–H groups in total. The van der Waals surface area contributed by atoms with Gasteiger partial charge in [-0.2, -0.15) is 4.99 Å². The second-order valence-electron chi connectivity index (χ2n) is 4.12. The number of rotatable bonds is 3. The first-order valence-corrected chi connectivity index (χ1v) is 6.87. The molecule has 7 heteroatoms. The van der Waals surface area contributed by atoms with Crippen molar-refractivity contribution in [2.24, 2.45) is 4.99 Å². The van der Waals surface area contributed by atoms with Gasteiger partial charge in [0.25, 0.3) is 5.91 Å². The minimum absolute atomic E-state index is 0.269. The van der Waals surface area contributed by atoms with E-state index in [9.17, 15) is 9.59 Å². The van der Waals surface area contributed by atoms with E-state index in [1.54, 1.807) is 38.5 Å². The zero-order chi connectivity index (χ0) is 15.4. The average Bonchev–Trinajstić information content (AvgIpc) is 2.77. The summed E-state index contributed by atoms with van der Waals surface area (Å²) < 4.78 is 10.4. The SMILES string of the molecule is COc1ccc(OC)c(C=C2SC(NC(C)=O)=NC2=O)c1. The van der Waals surface area contributed by atoms with E-state index in [1.165, 1.54) is 6.92 Å². The lowest BCUT2D eigenvalue weighted by Crippen LogP contribution is -2.23. The second kappa shape index (κ2) is 6.45. The molecule has 2 rings (SSSR count). The predicted molar refractivity (Wildman–Crippen MR) is 81.4 cm³/mol. The Kier molecular flexibility index (Phi) is 4.64. The highest BCUT2D eigenvalue weighted by atomic mass is 32.2. The zero-order valence-corrected chi connectivity index (χ0v) is 12.6. The van der Waals surface area contributed by atoms with Crippen molar-refractivity contribution >= 4 is 34.8 Å². The normalized spacial score (nSPS) is 15.9. The van der Waals surface area contributed by atoms with Gasteiger partial charge in [0.15, 0.2) is 5.17 Å². The van der Waals surface area contributed by atoms with Crippen LogP contribution >= 0.6 is 11.8 Å². The molecule has 21 heavy (non-hydrogen) atoms. The van der Waals surface area contributed by atoms with Crippen molar-refractivity contribution in [3.8, 4) is 11.5 Å². The number of carbonyl (C=O) groups is 2. The molecule has 0 aromatic heterocycles. The van der Waals surface area contributed by atoms with Crippen molar-refractivity contribution in [1.29, 1.82) is 0 Å². The summed E-state index contributed by atoms with van der Waals surface area (Å²) in [5.41, 5.74) is 0.701. The summed E-state index contributed by atoms with van der Waals surface area (Å²) in [6.45, 7) is 1.36. The number of nitrogens with one attached hydrogen (secondary N) is 1. The monoisotopic (exact) mass is 306 g/mol. The Morgan fingerprint density at radius 1 is 1.33 bits per heavy atom. The van der Waals surface area contributed by atoms with Gasteiger partial charge in [-0.05, 0) is 36.0 Å². The van der Waals surface area contributed by atoms with Gasteiger partial charge in [0.05, 0.1) is 19.1 Å². The van der Waals surface area contributed by atoms with Crippen molar-refractivity contribution in [3.05, 3.63) is 28.7 Å². The smallest absolute Gasteiger partial charge is 0.286 e. The van der Waals surface area contributed by atoms with Crippen LogP contribution in [0.3, 0.4) is 0 Å². The fraction of sp³-hybridized carbons (Fsp3) is 0.214. The van der Waals surface area contributed by atoms with E-state index in [4.69, 9.17) is 9.47 Å². The van der Waals surface area contributed by atoms with Crippen LogP contribution in [0.15, 0.2) is 28.1 Å². The van der Waals surface area contributed by atoms with Gasteiger partial charge in [0.2, 0.25) is 5.91 Å². The molecule has 0 bridgehead atoms. The number of amides is 2. The van der Waals surface area contributed by atoms with Gasteiger partial charge in [-0.25, -0.2) is 0 Å². The molecule has 6 nitrogen and oxygen atoms in total. The first-order valence-electron chi connectivity index (χ1n) is 6.05. The molecule has 0 fully saturated rings. The van der Waals surface area contributed by atoms with Crippen LogP contribution in [-0.4, -0.2) is 31.2 Å². The van der Waals surface area contributed by atoms with Crippen LogP contribution in [0, 0.1) is 0 Å². The maximum Gasteiger partial charge on any atom is 0.286 e. The molecule has 0 radical (unpaired) electrons. The molecule has 0 spiro atoms. The number of nitrogens with zero attached hydrogens (tertiary/aromatic N) is 1. The maximum absolute atomic E-state index is 11.8.